The molecule has 1 saturated carbocycles. The lowest BCUT2D eigenvalue weighted by Crippen LogP contribution is -2.43. The zero-order valence-electron chi connectivity index (χ0n) is 11.7. The minimum absolute atomic E-state index is 0.0108. The molecule has 1 fully saturated rings. The molecule has 1 N–H and O–H groups in total. The van der Waals surface area contributed by atoms with E-state index < -0.39 is 0 Å². The summed E-state index contributed by atoms with van der Waals surface area (Å²) in [5, 5.41) is 3.52. The lowest BCUT2D eigenvalue weighted by atomic mass is 10.0. The van der Waals surface area contributed by atoms with Crippen LogP contribution in [0.2, 0.25) is 5.02 Å². The van der Waals surface area contributed by atoms with Gasteiger partial charge >= 0.3 is 0 Å². The van der Waals surface area contributed by atoms with E-state index in [-0.39, 0.29) is 24.3 Å². The Bertz CT molecular complexity index is 497. The van der Waals surface area contributed by atoms with Crippen molar-refractivity contribution in [1.82, 2.24) is 10.2 Å². The number of nitrogens with one attached hydrogen (secondary N) is 1. The van der Waals surface area contributed by atoms with Gasteiger partial charge in [0.05, 0.1) is 12.6 Å². The molecule has 0 bridgehead atoms. The third-order valence-electron chi connectivity index (χ3n) is 3.50. The molecule has 1 unspecified atom stereocenters. The van der Waals surface area contributed by atoms with E-state index in [0.717, 1.165) is 12.8 Å². The van der Waals surface area contributed by atoms with Gasteiger partial charge in [0.2, 0.25) is 5.91 Å². The van der Waals surface area contributed by atoms with Gasteiger partial charge in [-0.2, -0.15) is 0 Å². The second kappa shape index (κ2) is 6.37. The number of likely N-dealkylation sites (N-methyl/N-ethyl adjacent to an activating group) is 1. The Morgan fingerprint density at radius 2 is 1.95 bits per heavy atom. The zero-order valence-corrected chi connectivity index (χ0v) is 12.5. The number of Topliss-reactive ketones (excluding diaryl/α,β-unsaturated/α-hetero) is 1. The fraction of sp³-hybridized carbons (Fsp3) is 0.467. The van der Waals surface area contributed by atoms with Crippen molar-refractivity contribution in [3.8, 4) is 0 Å². The maximum Gasteiger partial charge on any atom is 0.234 e. The van der Waals surface area contributed by atoms with Crippen molar-refractivity contribution in [2.75, 3.05) is 13.6 Å². The van der Waals surface area contributed by atoms with Crippen LogP contribution in [0.3, 0.4) is 0 Å². The highest BCUT2D eigenvalue weighted by atomic mass is 35.5. The van der Waals surface area contributed by atoms with E-state index >= 15 is 0 Å². The average Bonchev–Trinajstić information content (AvgIpc) is 3.21. The van der Waals surface area contributed by atoms with E-state index in [2.05, 4.69) is 5.32 Å². The summed E-state index contributed by atoms with van der Waals surface area (Å²) in [5.41, 5.74) is 0.608. The molecule has 0 radical (unpaired) electrons. The predicted octanol–water partition coefficient (Wildman–Crippen LogP) is 2.12. The summed E-state index contributed by atoms with van der Waals surface area (Å²) >= 11 is 5.81. The van der Waals surface area contributed by atoms with Crippen molar-refractivity contribution in [3.05, 3.63) is 34.9 Å². The average molecular weight is 295 g/mol. The molecule has 1 aromatic rings. The van der Waals surface area contributed by atoms with Crippen molar-refractivity contribution in [3.63, 3.8) is 0 Å². The normalized spacial score (nSPS) is 16.0. The molecule has 0 aliphatic heterocycles. The van der Waals surface area contributed by atoms with Crippen LogP contribution in [-0.2, 0) is 4.79 Å². The molecule has 0 saturated heterocycles. The smallest absolute Gasteiger partial charge is 0.234 e. The van der Waals surface area contributed by atoms with Crippen LogP contribution in [0.15, 0.2) is 24.3 Å². The van der Waals surface area contributed by atoms with E-state index in [4.69, 9.17) is 11.6 Å². The Kier molecular flexibility index (Phi) is 4.78. The number of benzene rings is 1. The minimum atomic E-state index is -0.346. The Morgan fingerprint density at radius 1 is 1.35 bits per heavy atom. The van der Waals surface area contributed by atoms with Crippen LogP contribution in [0.4, 0.5) is 0 Å². The molecule has 1 aliphatic carbocycles. The molecule has 2 rings (SSSR count). The maximum absolute atomic E-state index is 12.3. The molecule has 1 aromatic carbocycles. The van der Waals surface area contributed by atoms with Crippen LogP contribution in [0.5, 0.6) is 0 Å². The summed E-state index contributed by atoms with van der Waals surface area (Å²) in [7, 11) is 1.78. The van der Waals surface area contributed by atoms with Crippen LogP contribution in [0.25, 0.3) is 0 Å². The third-order valence-corrected chi connectivity index (χ3v) is 3.76. The van der Waals surface area contributed by atoms with E-state index in [0.29, 0.717) is 16.6 Å². The van der Waals surface area contributed by atoms with Crippen molar-refractivity contribution >= 4 is 23.3 Å². The van der Waals surface area contributed by atoms with Gasteiger partial charge in [0.25, 0.3) is 0 Å². The van der Waals surface area contributed by atoms with Crippen LogP contribution < -0.4 is 5.32 Å². The van der Waals surface area contributed by atoms with Crippen LogP contribution in [0, 0.1) is 0 Å². The quantitative estimate of drug-likeness (QED) is 0.818. The summed E-state index contributed by atoms with van der Waals surface area (Å²) in [6, 6.07) is 6.81. The van der Waals surface area contributed by atoms with Gasteiger partial charge < -0.3 is 5.32 Å². The summed E-state index contributed by atoms with van der Waals surface area (Å²) in [5.74, 6) is -0.0332. The number of rotatable bonds is 6. The largest absolute Gasteiger partial charge is 0.352 e. The topological polar surface area (TPSA) is 49.4 Å². The number of halogens is 1. The fourth-order valence-electron chi connectivity index (χ4n) is 1.92. The van der Waals surface area contributed by atoms with Crippen LogP contribution in [-0.4, -0.2) is 42.3 Å². The number of amides is 1. The predicted molar refractivity (Wildman–Crippen MR) is 79.0 cm³/mol. The lowest BCUT2D eigenvalue weighted by Gasteiger charge is -2.23. The molecule has 0 spiro atoms. The molecule has 108 valence electrons. The highest BCUT2D eigenvalue weighted by Gasteiger charge is 2.26. The van der Waals surface area contributed by atoms with Gasteiger partial charge in [-0.25, -0.2) is 0 Å². The summed E-state index contributed by atoms with van der Waals surface area (Å²) in [6.07, 6.45) is 2.13. The monoisotopic (exact) mass is 294 g/mol. The first-order chi connectivity index (χ1) is 9.47. The van der Waals surface area contributed by atoms with Crippen molar-refractivity contribution < 1.29 is 9.59 Å². The molecule has 1 atom stereocenters. The molecular weight excluding hydrogens is 276 g/mol. The van der Waals surface area contributed by atoms with Crippen molar-refractivity contribution in [2.24, 2.45) is 0 Å². The number of ketones is 1. The molecule has 5 heteroatoms. The first-order valence-corrected chi connectivity index (χ1v) is 7.14. The summed E-state index contributed by atoms with van der Waals surface area (Å²) in [6.45, 7) is 2.04. The van der Waals surface area contributed by atoms with Gasteiger partial charge in [0.1, 0.15) is 0 Å². The van der Waals surface area contributed by atoms with E-state index in [9.17, 15) is 9.59 Å². The number of hydrogen-bond acceptors (Lipinski definition) is 3. The maximum atomic E-state index is 12.3. The van der Waals surface area contributed by atoms with Gasteiger partial charge in [-0.15, -0.1) is 0 Å². The van der Waals surface area contributed by atoms with E-state index in [1.165, 1.54) is 0 Å². The molecule has 4 nitrogen and oxygen atoms in total. The highest BCUT2D eigenvalue weighted by molar-refractivity contribution is 6.30. The SMILES string of the molecule is CC(C(=O)c1ccc(Cl)cc1)N(C)CC(=O)NC1CC1. The Balaban J connectivity index is 1.91. The number of hydrogen-bond donors (Lipinski definition) is 1. The Labute approximate surface area is 124 Å². The lowest BCUT2D eigenvalue weighted by molar-refractivity contribution is -0.122. The zero-order chi connectivity index (χ0) is 14.7. The minimum Gasteiger partial charge on any atom is -0.352 e. The highest BCUT2D eigenvalue weighted by Crippen LogP contribution is 2.18. The first-order valence-electron chi connectivity index (χ1n) is 6.76. The van der Waals surface area contributed by atoms with Crippen LogP contribution >= 0.6 is 11.6 Å². The molecule has 0 heterocycles. The fourth-order valence-corrected chi connectivity index (χ4v) is 2.05. The number of nitrogens with zero attached hydrogens (tertiary/aromatic N) is 1. The van der Waals surface area contributed by atoms with E-state index in [1.54, 1.807) is 43.1 Å². The second-order valence-corrected chi connectivity index (χ2v) is 5.74. The van der Waals surface area contributed by atoms with Gasteiger partial charge in [-0.1, -0.05) is 11.6 Å². The second-order valence-electron chi connectivity index (χ2n) is 5.30. The molecule has 1 aliphatic rings. The standard InChI is InChI=1S/C15H19ClN2O2/c1-10(15(20)11-3-5-12(16)6-4-11)18(2)9-14(19)17-13-7-8-13/h3-6,10,13H,7-9H2,1-2H3,(H,17,19). The van der Waals surface area contributed by atoms with Gasteiger partial charge in [-0.05, 0) is 51.1 Å². The number of carbonyl (C=O) groups is 2. The van der Waals surface area contributed by atoms with Crippen LogP contribution in [0.1, 0.15) is 30.1 Å². The first kappa shape index (κ1) is 15.0. The van der Waals surface area contributed by atoms with Crippen molar-refractivity contribution in [1.29, 1.82) is 0 Å². The van der Waals surface area contributed by atoms with E-state index in [1.807, 2.05) is 0 Å². The number of carbonyl (C=O) groups excluding carboxylic acids is 2. The molecule has 20 heavy (non-hydrogen) atoms. The molecular formula is C15H19ClN2O2. The van der Waals surface area contributed by atoms with Gasteiger partial charge in [-0.3, -0.25) is 14.5 Å². The van der Waals surface area contributed by atoms with Gasteiger partial charge in [0.15, 0.2) is 5.78 Å². The van der Waals surface area contributed by atoms with Crippen molar-refractivity contribution in [2.45, 2.75) is 31.8 Å². The Morgan fingerprint density at radius 3 is 2.50 bits per heavy atom. The Hall–Kier alpha value is -1.39. The summed E-state index contributed by atoms with van der Waals surface area (Å²) < 4.78 is 0. The summed E-state index contributed by atoms with van der Waals surface area (Å²) in [4.78, 5) is 25.8. The molecule has 0 aromatic heterocycles. The van der Waals surface area contributed by atoms with Gasteiger partial charge in [0, 0.05) is 16.6 Å². The third kappa shape index (κ3) is 4.05. The molecule has 1 amide bonds.